The van der Waals surface area contributed by atoms with E-state index in [0.717, 1.165) is 11.0 Å². The standard InChI is InChI=1S/C24H18FN3O5/c1-2-33-20-9-4-3-8-19(20)26-22-21(15-10-12-17(13-11-15)28(31)32)23(29)27(24(22)30)18-7-5-6-16(25)14-18/h3-14,26H,2H2,1H3. The number of rotatable bonds is 7. The first-order valence-electron chi connectivity index (χ1n) is 10.0. The molecule has 0 bridgehead atoms. The van der Waals surface area contributed by atoms with Gasteiger partial charge in [0.2, 0.25) is 0 Å². The van der Waals surface area contributed by atoms with Gasteiger partial charge in [-0.05, 0) is 55.0 Å². The molecule has 0 atom stereocenters. The molecule has 9 heteroatoms. The fraction of sp³-hybridized carbons (Fsp3) is 0.0833. The van der Waals surface area contributed by atoms with Crippen molar-refractivity contribution >= 4 is 34.4 Å². The van der Waals surface area contributed by atoms with E-state index in [2.05, 4.69) is 5.32 Å². The maximum absolute atomic E-state index is 13.8. The van der Waals surface area contributed by atoms with Crippen molar-refractivity contribution in [2.45, 2.75) is 6.92 Å². The third kappa shape index (κ3) is 4.16. The fourth-order valence-corrected chi connectivity index (χ4v) is 3.50. The lowest BCUT2D eigenvalue weighted by molar-refractivity contribution is -0.384. The van der Waals surface area contributed by atoms with Crippen molar-refractivity contribution in [3.63, 3.8) is 0 Å². The smallest absolute Gasteiger partial charge is 0.282 e. The predicted molar refractivity (Wildman–Crippen MR) is 120 cm³/mol. The van der Waals surface area contributed by atoms with Crippen LogP contribution in [0.1, 0.15) is 12.5 Å². The summed E-state index contributed by atoms with van der Waals surface area (Å²) in [5.41, 5.74) is 0.620. The Labute approximate surface area is 188 Å². The van der Waals surface area contributed by atoms with E-state index in [1.807, 2.05) is 6.92 Å². The van der Waals surface area contributed by atoms with E-state index in [0.29, 0.717) is 23.6 Å². The Kier molecular flexibility index (Phi) is 5.86. The molecule has 8 nitrogen and oxygen atoms in total. The topological polar surface area (TPSA) is 102 Å². The molecule has 0 saturated heterocycles. The number of halogens is 1. The Balaban J connectivity index is 1.83. The molecule has 0 fully saturated rings. The fourth-order valence-electron chi connectivity index (χ4n) is 3.50. The predicted octanol–water partition coefficient (Wildman–Crippen LogP) is 4.53. The number of benzene rings is 3. The first kappa shape index (κ1) is 21.7. The normalized spacial score (nSPS) is 13.5. The van der Waals surface area contributed by atoms with Crippen LogP contribution in [0.15, 0.2) is 78.5 Å². The zero-order valence-corrected chi connectivity index (χ0v) is 17.4. The van der Waals surface area contributed by atoms with Gasteiger partial charge in [-0.25, -0.2) is 9.29 Å². The van der Waals surface area contributed by atoms with Crippen LogP contribution in [0.2, 0.25) is 0 Å². The van der Waals surface area contributed by atoms with Crippen LogP contribution in [0.3, 0.4) is 0 Å². The molecule has 0 saturated carbocycles. The first-order valence-corrected chi connectivity index (χ1v) is 10.0. The number of amides is 2. The Morgan fingerprint density at radius 1 is 1.00 bits per heavy atom. The van der Waals surface area contributed by atoms with Crippen molar-refractivity contribution < 1.29 is 23.6 Å². The SMILES string of the molecule is CCOc1ccccc1NC1=C(c2ccc([N+](=O)[O-])cc2)C(=O)N(c2cccc(F)c2)C1=O. The monoisotopic (exact) mass is 447 g/mol. The number of nitrogens with one attached hydrogen (secondary N) is 1. The highest BCUT2D eigenvalue weighted by Gasteiger charge is 2.40. The lowest BCUT2D eigenvalue weighted by Gasteiger charge is -2.16. The van der Waals surface area contributed by atoms with Crippen LogP contribution in [0.5, 0.6) is 5.75 Å². The Morgan fingerprint density at radius 3 is 2.39 bits per heavy atom. The molecule has 0 aromatic heterocycles. The summed E-state index contributed by atoms with van der Waals surface area (Å²) in [6.45, 7) is 2.20. The average molecular weight is 447 g/mol. The van der Waals surface area contributed by atoms with Crippen LogP contribution >= 0.6 is 0 Å². The molecule has 3 aromatic carbocycles. The summed E-state index contributed by atoms with van der Waals surface area (Å²) in [7, 11) is 0. The lowest BCUT2D eigenvalue weighted by Crippen LogP contribution is -2.32. The van der Waals surface area contributed by atoms with Crippen LogP contribution in [-0.4, -0.2) is 23.3 Å². The van der Waals surface area contributed by atoms with E-state index in [1.54, 1.807) is 24.3 Å². The molecule has 0 aliphatic carbocycles. The highest BCUT2D eigenvalue weighted by molar-refractivity contribution is 6.46. The second-order valence-electron chi connectivity index (χ2n) is 7.03. The summed E-state index contributed by atoms with van der Waals surface area (Å²) in [6, 6.07) is 17.3. The van der Waals surface area contributed by atoms with Gasteiger partial charge in [0.1, 0.15) is 17.3 Å². The number of anilines is 2. The molecule has 0 unspecified atom stereocenters. The largest absolute Gasteiger partial charge is 0.492 e. The molecule has 4 rings (SSSR count). The van der Waals surface area contributed by atoms with Crippen molar-refractivity contribution in [3.05, 3.63) is 100.0 Å². The zero-order valence-electron chi connectivity index (χ0n) is 17.4. The van der Waals surface area contributed by atoms with Gasteiger partial charge in [-0.1, -0.05) is 18.2 Å². The minimum absolute atomic E-state index is 0.00506. The quantitative estimate of drug-likeness (QED) is 0.324. The summed E-state index contributed by atoms with van der Waals surface area (Å²) < 4.78 is 19.4. The second kappa shape index (κ2) is 8.91. The van der Waals surface area contributed by atoms with Gasteiger partial charge in [0.15, 0.2) is 0 Å². The summed E-state index contributed by atoms with van der Waals surface area (Å²) >= 11 is 0. The van der Waals surface area contributed by atoms with Gasteiger partial charge in [0.25, 0.3) is 17.5 Å². The average Bonchev–Trinajstić information content (AvgIpc) is 3.04. The van der Waals surface area contributed by atoms with E-state index in [-0.39, 0.29) is 22.6 Å². The minimum Gasteiger partial charge on any atom is -0.492 e. The number of nitrogens with zero attached hydrogens (tertiary/aromatic N) is 2. The van der Waals surface area contributed by atoms with Crippen molar-refractivity contribution in [1.29, 1.82) is 0 Å². The van der Waals surface area contributed by atoms with Crippen LogP contribution in [0.4, 0.5) is 21.5 Å². The van der Waals surface area contributed by atoms with Crippen molar-refractivity contribution in [2.75, 3.05) is 16.8 Å². The first-order chi connectivity index (χ1) is 15.9. The van der Waals surface area contributed by atoms with Crippen LogP contribution in [0.25, 0.3) is 5.57 Å². The molecule has 2 amide bonds. The number of imide groups is 1. The van der Waals surface area contributed by atoms with Gasteiger partial charge in [-0.3, -0.25) is 19.7 Å². The number of carbonyl (C=O) groups excluding carboxylic acids is 2. The van der Waals surface area contributed by atoms with Gasteiger partial charge in [0, 0.05) is 12.1 Å². The van der Waals surface area contributed by atoms with Gasteiger partial charge < -0.3 is 10.1 Å². The van der Waals surface area contributed by atoms with Gasteiger partial charge in [-0.15, -0.1) is 0 Å². The molecule has 3 aromatic rings. The number of nitro benzene ring substituents is 1. The number of para-hydroxylation sites is 2. The molecule has 0 radical (unpaired) electrons. The summed E-state index contributed by atoms with van der Waals surface area (Å²) in [5, 5.41) is 14.0. The Hall–Kier alpha value is -4.53. The second-order valence-corrected chi connectivity index (χ2v) is 7.03. The van der Waals surface area contributed by atoms with Gasteiger partial charge >= 0.3 is 0 Å². The lowest BCUT2D eigenvalue weighted by atomic mass is 10.0. The number of carbonyl (C=O) groups is 2. The van der Waals surface area contributed by atoms with E-state index >= 15 is 0 Å². The third-order valence-corrected chi connectivity index (χ3v) is 4.96. The van der Waals surface area contributed by atoms with Crippen molar-refractivity contribution in [2.24, 2.45) is 0 Å². The molecule has 1 N–H and O–H groups in total. The van der Waals surface area contributed by atoms with Gasteiger partial charge in [-0.2, -0.15) is 0 Å². The molecule has 1 aliphatic heterocycles. The van der Waals surface area contributed by atoms with Crippen LogP contribution < -0.4 is 15.0 Å². The highest BCUT2D eigenvalue weighted by atomic mass is 19.1. The maximum atomic E-state index is 13.8. The Morgan fingerprint density at radius 2 is 1.73 bits per heavy atom. The molecular formula is C24H18FN3O5. The van der Waals surface area contributed by atoms with E-state index in [4.69, 9.17) is 4.74 Å². The number of nitro groups is 1. The maximum Gasteiger partial charge on any atom is 0.282 e. The van der Waals surface area contributed by atoms with Crippen LogP contribution in [-0.2, 0) is 9.59 Å². The van der Waals surface area contributed by atoms with Gasteiger partial charge in [0.05, 0.1) is 28.5 Å². The number of hydrogen-bond acceptors (Lipinski definition) is 6. The summed E-state index contributed by atoms with van der Waals surface area (Å²) in [4.78, 5) is 38.1. The Bertz CT molecular complexity index is 1290. The molecule has 1 aliphatic rings. The van der Waals surface area contributed by atoms with Crippen molar-refractivity contribution in [1.82, 2.24) is 0 Å². The van der Waals surface area contributed by atoms with E-state index in [9.17, 15) is 24.1 Å². The molecule has 0 spiro atoms. The third-order valence-electron chi connectivity index (χ3n) is 4.96. The zero-order chi connectivity index (χ0) is 23.5. The number of ether oxygens (including phenoxy) is 1. The number of non-ortho nitro benzene ring substituents is 1. The summed E-state index contributed by atoms with van der Waals surface area (Å²) in [6.07, 6.45) is 0. The van der Waals surface area contributed by atoms with E-state index < -0.39 is 22.6 Å². The highest BCUT2D eigenvalue weighted by Crippen LogP contribution is 2.36. The number of hydrogen-bond donors (Lipinski definition) is 1. The molecule has 1 heterocycles. The minimum atomic E-state index is -0.690. The van der Waals surface area contributed by atoms with E-state index in [1.165, 1.54) is 42.5 Å². The molecular weight excluding hydrogens is 429 g/mol. The van der Waals surface area contributed by atoms with Crippen LogP contribution in [0, 0.1) is 15.9 Å². The van der Waals surface area contributed by atoms with Crippen molar-refractivity contribution in [3.8, 4) is 5.75 Å². The summed E-state index contributed by atoms with van der Waals surface area (Å²) in [5.74, 6) is -1.51. The molecule has 33 heavy (non-hydrogen) atoms. The molecule has 166 valence electrons.